The lowest BCUT2D eigenvalue weighted by molar-refractivity contribution is 0.223. The fraction of sp³-hybridized carbons (Fsp3) is 0.375. The van der Waals surface area contributed by atoms with Crippen molar-refractivity contribution in [2.24, 2.45) is 0 Å². The highest BCUT2D eigenvalue weighted by atomic mass is 32.1. The number of hydrogen-bond donors (Lipinski definition) is 1. The molecule has 0 aliphatic heterocycles. The van der Waals surface area contributed by atoms with Crippen LogP contribution in [0.5, 0.6) is 5.75 Å². The lowest BCUT2D eigenvalue weighted by Gasteiger charge is -2.12. The minimum absolute atomic E-state index is 0.167. The second-order valence-corrected chi connectivity index (χ2v) is 6.00. The zero-order valence-electron chi connectivity index (χ0n) is 11.6. The number of aliphatic hydroxyl groups is 1. The zero-order valence-corrected chi connectivity index (χ0v) is 12.4. The van der Waals surface area contributed by atoms with Crippen LogP contribution in [0.4, 0.5) is 0 Å². The normalized spacial score (nSPS) is 12.7. The largest absolute Gasteiger partial charge is 0.491 e. The van der Waals surface area contributed by atoms with Gasteiger partial charge in [0, 0.05) is 9.75 Å². The molecule has 3 heteroatoms. The summed E-state index contributed by atoms with van der Waals surface area (Å²) in [6.45, 7) is 6.13. The van der Waals surface area contributed by atoms with Crippen molar-refractivity contribution in [3.8, 4) is 5.75 Å². The molecule has 1 aromatic heterocycles. The van der Waals surface area contributed by atoms with E-state index in [2.05, 4.69) is 13.0 Å². The van der Waals surface area contributed by atoms with Crippen molar-refractivity contribution < 1.29 is 9.84 Å². The number of ether oxygens (including phenoxy) is 1. The predicted octanol–water partition coefficient (Wildman–Crippen LogP) is 4.18. The van der Waals surface area contributed by atoms with E-state index in [4.69, 9.17) is 4.74 Å². The van der Waals surface area contributed by atoms with Crippen LogP contribution in [0.15, 0.2) is 36.4 Å². The third-order valence-electron chi connectivity index (χ3n) is 2.87. The first kappa shape index (κ1) is 14.1. The second-order valence-electron chi connectivity index (χ2n) is 4.80. The second kappa shape index (κ2) is 6.22. The highest BCUT2D eigenvalue weighted by molar-refractivity contribution is 7.12. The molecule has 0 aliphatic rings. The summed E-state index contributed by atoms with van der Waals surface area (Å²) in [7, 11) is 0. The molecule has 0 saturated carbocycles. The van der Waals surface area contributed by atoms with E-state index in [1.807, 2.05) is 44.2 Å². The van der Waals surface area contributed by atoms with Gasteiger partial charge in [-0.25, -0.2) is 0 Å². The van der Waals surface area contributed by atoms with Gasteiger partial charge < -0.3 is 9.84 Å². The maximum atomic E-state index is 10.3. The lowest BCUT2D eigenvalue weighted by Crippen LogP contribution is -2.05. The molecule has 0 amide bonds. The quantitative estimate of drug-likeness (QED) is 0.887. The van der Waals surface area contributed by atoms with E-state index in [1.165, 1.54) is 4.88 Å². The monoisotopic (exact) mass is 276 g/mol. The van der Waals surface area contributed by atoms with Gasteiger partial charge in [-0.05, 0) is 50.1 Å². The number of rotatable bonds is 5. The Morgan fingerprint density at radius 2 is 1.79 bits per heavy atom. The van der Waals surface area contributed by atoms with Gasteiger partial charge in [0.15, 0.2) is 0 Å². The molecule has 0 aliphatic carbocycles. The highest BCUT2D eigenvalue weighted by Crippen LogP contribution is 2.29. The Hall–Kier alpha value is -1.32. The van der Waals surface area contributed by atoms with E-state index in [1.54, 1.807) is 11.3 Å². The molecule has 1 atom stereocenters. The molecule has 102 valence electrons. The molecule has 1 heterocycles. The van der Waals surface area contributed by atoms with Gasteiger partial charge >= 0.3 is 0 Å². The van der Waals surface area contributed by atoms with Crippen LogP contribution in [0.2, 0.25) is 0 Å². The van der Waals surface area contributed by atoms with E-state index in [-0.39, 0.29) is 6.10 Å². The number of aryl methyl sites for hydroxylation is 1. The summed E-state index contributed by atoms with van der Waals surface area (Å²) >= 11 is 1.67. The van der Waals surface area contributed by atoms with Crippen molar-refractivity contribution in [2.75, 3.05) is 0 Å². The minimum Gasteiger partial charge on any atom is -0.491 e. The van der Waals surface area contributed by atoms with Crippen molar-refractivity contribution in [3.05, 3.63) is 51.7 Å². The summed E-state index contributed by atoms with van der Waals surface area (Å²) in [5, 5.41) is 10.3. The fourth-order valence-electron chi connectivity index (χ4n) is 1.90. The first-order chi connectivity index (χ1) is 9.10. The smallest absolute Gasteiger partial charge is 0.119 e. The summed E-state index contributed by atoms with van der Waals surface area (Å²) in [5.74, 6) is 0.839. The topological polar surface area (TPSA) is 29.5 Å². The van der Waals surface area contributed by atoms with Crippen LogP contribution in [-0.4, -0.2) is 11.2 Å². The number of benzene rings is 1. The Balaban J connectivity index is 2.12. The minimum atomic E-state index is -0.543. The molecule has 1 N–H and O–H groups in total. The molecule has 2 nitrogen and oxygen atoms in total. The van der Waals surface area contributed by atoms with E-state index in [9.17, 15) is 5.11 Å². The van der Waals surface area contributed by atoms with Crippen LogP contribution < -0.4 is 4.74 Å². The fourth-order valence-corrected chi connectivity index (χ4v) is 2.86. The average molecular weight is 276 g/mol. The van der Waals surface area contributed by atoms with E-state index >= 15 is 0 Å². The third kappa shape index (κ3) is 3.58. The van der Waals surface area contributed by atoms with Crippen LogP contribution in [0.3, 0.4) is 0 Å². The first-order valence-corrected chi connectivity index (χ1v) is 7.45. The molecular weight excluding hydrogens is 256 g/mol. The van der Waals surface area contributed by atoms with Crippen molar-refractivity contribution in [2.45, 2.75) is 39.4 Å². The number of aliphatic hydroxyl groups excluding tert-OH is 1. The molecule has 1 unspecified atom stereocenters. The predicted molar refractivity (Wildman–Crippen MR) is 80.0 cm³/mol. The van der Waals surface area contributed by atoms with Crippen molar-refractivity contribution in [1.82, 2.24) is 0 Å². The third-order valence-corrected chi connectivity index (χ3v) is 4.15. The standard InChI is InChI=1S/C16H20O2S/c1-4-14-9-10-15(19-14)16(17)12-5-7-13(8-6-12)18-11(2)3/h5-11,16-17H,4H2,1-3H3. The SMILES string of the molecule is CCc1ccc(C(O)c2ccc(OC(C)C)cc2)s1. The van der Waals surface area contributed by atoms with Crippen LogP contribution in [0.25, 0.3) is 0 Å². The molecular formula is C16H20O2S. The first-order valence-electron chi connectivity index (χ1n) is 6.63. The summed E-state index contributed by atoms with van der Waals surface area (Å²) < 4.78 is 5.60. The molecule has 0 saturated heterocycles. The molecule has 19 heavy (non-hydrogen) atoms. The molecule has 1 aromatic carbocycles. The van der Waals surface area contributed by atoms with Gasteiger partial charge in [0.25, 0.3) is 0 Å². The molecule has 0 bridgehead atoms. The Kier molecular flexibility index (Phi) is 4.61. The maximum Gasteiger partial charge on any atom is 0.119 e. The Morgan fingerprint density at radius 1 is 1.11 bits per heavy atom. The number of hydrogen-bond acceptors (Lipinski definition) is 3. The van der Waals surface area contributed by atoms with Crippen molar-refractivity contribution in [1.29, 1.82) is 0 Å². The summed E-state index contributed by atoms with van der Waals surface area (Å²) in [4.78, 5) is 2.29. The zero-order chi connectivity index (χ0) is 13.8. The molecule has 0 fully saturated rings. The number of thiophene rings is 1. The van der Waals surface area contributed by atoms with Gasteiger partial charge in [-0.1, -0.05) is 19.1 Å². The van der Waals surface area contributed by atoms with Gasteiger partial charge in [-0.3, -0.25) is 0 Å². The summed E-state index contributed by atoms with van der Waals surface area (Å²) in [6.07, 6.45) is 0.636. The van der Waals surface area contributed by atoms with Gasteiger partial charge in [0.1, 0.15) is 11.9 Å². The maximum absolute atomic E-state index is 10.3. The Bertz CT molecular complexity index is 514. The molecule has 2 aromatic rings. The van der Waals surface area contributed by atoms with Gasteiger partial charge in [0.2, 0.25) is 0 Å². The van der Waals surface area contributed by atoms with Crippen LogP contribution in [-0.2, 0) is 6.42 Å². The molecule has 0 radical (unpaired) electrons. The van der Waals surface area contributed by atoms with Crippen molar-refractivity contribution >= 4 is 11.3 Å². The van der Waals surface area contributed by atoms with E-state index in [0.717, 1.165) is 22.6 Å². The molecule has 2 rings (SSSR count). The average Bonchev–Trinajstić information content (AvgIpc) is 2.87. The van der Waals surface area contributed by atoms with Crippen LogP contribution >= 0.6 is 11.3 Å². The summed E-state index contributed by atoms with van der Waals surface area (Å²) in [6, 6.07) is 11.8. The van der Waals surface area contributed by atoms with Crippen LogP contribution in [0.1, 0.15) is 42.2 Å². The van der Waals surface area contributed by atoms with Gasteiger partial charge in [0.05, 0.1) is 6.10 Å². The van der Waals surface area contributed by atoms with Crippen LogP contribution in [0, 0.1) is 0 Å². The van der Waals surface area contributed by atoms with E-state index in [0.29, 0.717) is 0 Å². The van der Waals surface area contributed by atoms with Crippen molar-refractivity contribution in [3.63, 3.8) is 0 Å². The lowest BCUT2D eigenvalue weighted by atomic mass is 10.1. The van der Waals surface area contributed by atoms with Gasteiger partial charge in [-0.2, -0.15) is 0 Å². The van der Waals surface area contributed by atoms with Gasteiger partial charge in [-0.15, -0.1) is 11.3 Å². The Labute approximate surface area is 118 Å². The van der Waals surface area contributed by atoms with E-state index < -0.39 is 6.10 Å². The Morgan fingerprint density at radius 3 is 2.32 bits per heavy atom. The molecule has 0 spiro atoms. The highest BCUT2D eigenvalue weighted by Gasteiger charge is 2.12. The summed E-state index contributed by atoms with van der Waals surface area (Å²) in [5.41, 5.74) is 0.903.